The number of hydrogen-bond acceptors (Lipinski definition) is 2. The van der Waals surface area contributed by atoms with Gasteiger partial charge in [0.05, 0.1) is 11.8 Å². The summed E-state index contributed by atoms with van der Waals surface area (Å²) in [6.07, 6.45) is 2.90. The summed E-state index contributed by atoms with van der Waals surface area (Å²) in [6.45, 7) is 5.74. The van der Waals surface area contributed by atoms with Gasteiger partial charge in [0.25, 0.3) is 0 Å². The highest BCUT2D eigenvalue weighted by molar-refractivity contribution is 5.49. The molecule has 0 amide bonds. The molecule has 18 heavy (non-hydrogen) atoms. The summed E-state index contributed by atoms with van der Waals surface area (Å²) in [6, 6.07) is 5.06. The topological polar surface area (TPSA) is 23.5 Å². The first-order valence-electron chi connectivity index (χ1n) is 6.84. The van der Waals surface area contributed by atoms with Crippen molar-refractivity contribution in [3.8, 4) is 0 Å². The van der Waals surface area contributed by atoms with Gasteiger partial charge in [-0.15, -0.1) is 0 Å². The molecule has 0 bridgehead atoms. The van der Waals surface area contributed by atoms with Gasteiger partial charge in [0.2, 0.25) is 0 Å². The number of benzene rings is 1. The lowest BCUT2D eigenvalue weighted by atomic mass is 9.94. The molecule has 0 aromatic heterocycles. The van der Waals surface area contributed by atoms with Crippen molar-refractivity contribution < 1.29 is 9.50 Å². The lowest BCUT2D eigenvalue weighted by Gasteiger charge is -2.33. The van der Waals surface area contributed by atoms with Crippen LogP contribution in [0.5, 0.6) is 0 Å². The smallest absolute Gasteiger partial charge is 0.146 e. The molecule has 100 valence electrons. The van der Waals surface area contributed by atoms with E-state index < -0.39 is 6.10 Å². The van der Waals surface area contributed by atoms with Crippen LogP contribution < -0.4 is 4.90 Å². The van der Waals surface area contributed by atoms with E-state index in [-0.39, 0.29) is 5.82 Å². The van der Waals surface area contributed by atoms with Crippen LogP contribution in [0.2, 0.25) is 0 Å². The predicted molar refractivity (Wildman–Crippen MR) is 72.3 cm³/mol. The Hall–Kier alpha value is -1.09. The molecule has 2 nitrogen and oxygen atoms in total. The summed E-state index contributed by atoms with van der Waals surface area (Å²) in [5.41, 5.74) is 1.31. The lowest BCUT2D eigenvalue weighted by molar-refractivity contribution is 0.199. The van der Waals surface area contributed by atoms with Gasteiger partial charge in [0.1, 0.15) is 5.82 Å². The van der Waals surface area contributed by atoms with Crippen molar-refractivity contribution in [1.29, 1.82) is 0 Å². The van der Waals surface area contributed by atoms with Crippen LogP contribution in [0.3, 0.4) is 0 Å². The maximum atomic E-state index is 14.0. The molecule has 0 unspecified atom stereocenters. The molecule has 2 rings (SSSR count). The van der Waals surface area contributed by atoms with Gasteiger partial charge in [-0.3, -0.25) is 0 Å². The molecule has 1 heterocycles. The molecule has 1 aromatic rings. The average Bonchev–Trinajstić information content (AvgIpc) is 2.38. The van der Waals surface area contributed by atoms with E-state index in [9.17, 15) is 9.50 Å². The minimum absolute atomic E-state index is 0.219. The molecule has 0 radical (unpaired) electrons. The van der Waals surface area contributed by atoms with E-state index in [0.717, 1.165) is 31.8 Å². The van der Waals surface area contributed by atoms with Crippen LogP contribution in [-0.4, -0.2) is 18.2 Å². The zero-order chi connectivity index (χ0) is 13.1. The van der Waals surface area contributed by atoms with Crippen molar-refractivity contribution in [3.05, 3.63) is 29.6 Å². The Kier molecular flexibility index (Phi) is 4.23. The monoisotopic (exact) mass is 251 g/mol. The first-order chi connectivity index (χ1) is 8.61. The van der Waals surface area contributed by atoms with Crippen molar-refractivity contribution in [2.75, 3.05) is 18.0 Å². The van der Waals surface area contributed by atoms with Crippen molar-refractivity contribution in [2.45, 2.75) is 39.2 Å². The first kappa shape index (κ1) is 13.3. The molecular formula is C15H22FNO. The van der Waals surface area contributed by atoms with Gasteiger partial charge in [0, 0.05) is 13.1 Å². The van der Waals surface area contributed by atoms with Crippen LogP contribution in [0.15, 0.2) is 18.2 Å². The molecule has 0 aliphatic carbocycles. The van der Waals surface area contributed by atoms with Crippen LogP contribution >= 0.6 is 0 Å². The van der Waals surface area contributed by atoms with Gasteiger partial charge in [-0.25, -0.2) is 4.39 Å². The normalized spacial score (nSPS) is 19.0. The average molecular weight is 251 g/mol. The number of rotatable bonds is 3. The zero-order valence-corrected chi connectivity index (χ0v) is 11.2. The Morgan fingerprint density at radius 3 is 2.56 bits per heavy atom. The van der Waals surface area contributed by atoms with Crippen LogP contribution in [0.1, 0.15) is 44.8 Å². The molecular weight excluding hydrogens is 229 g/mol. The van der Waals surface area contributed by atoms with E-state index in [2.05, 4.69) is 11.8 Å². The molecule has 1 atom stereocenters. The Morgan fingerprint density at radius 2 is 2.06 bits per heavy atom. The largest absolute Gasteiger partial charge is 0.389 e. The van der Waals surface area contributed by atoms with Gasteiger partial charge in [-0.05, 0) is 43.4 Å². The molecule has 0 spiro atoms. The fourth-order valence-corrected chi connectivity index (χ4v) is 2.62. The molecule has 3 heteroatoms. The third-order valence-electron chi connectivity index (χ3n) is 3.99. The minimum Gasteiger partial charge on any atom is -0.389 e. The molecule has 1 N–H and O–H groups in total. The zero-order valence-electron chi connectivity index (χ0n) is 11.2. The predicted octanol–water partition coefficient (Wildman–Crippen LogP) is 3.51. The highest BCUT2D eigenvalue weighted by Crippen LogP contribution is 2.28. The van der Waals surface area contributed by atoms with Gasteiger partial charge >= 0.3 is 0 Å². The summed E-state index contributed by atoms with van der Waals surface area (Å²) in [4.78, 5) is 2.12. The minimum atomic E-state index is -0.612. The van der Waals surface area contributed by atoms with E-state index in [4.69, 9.17) is 0 Å². The highest BCUT2D eigenvalue weighted by Gasteiger charge is 2.20. The number of aliphatic hydroxyl groups excluding tert-OH is 1. The van der Waals surface area contributed by atoms with E-state index in [1.165, 1.54) is 12.5 Å². The first-order valence-corrected chi connectivity index (χ1v) is 6.84. The van der Waals surface area contributed by atoms with Crippen molar-refractivity contribution in [1.82, 2.24) is 0 Å². The van der Waals surface area contributed by atoms with Crippen molar-refractivity contribution in [2.24, 2.45) is 5.92 Å². The number of nitrogens with zero attached hydrogens (tertiary/aromatic N) is 1. The van der Waals surface area contributed by atoms with Crippen molar-refractivity contribution >= 4 is 5.69 Å². The summed E-state index contributed by atoms with van der Waals surface area (Å²) in [7, 11) is 0. The van der Waals surface area contributed by atoms with Crippen LogP contribution in [0, 0.1) is 11.7 Å². The maximum Gasteiger partial charge on any atom is 0.146 e. The number of hydrogen-bond donors (Lipinski definition) is 1. The van der Waals surface area contributed by atoms with Crippen molar-refractivity contribution in [3.63, 3.8) is 0 Å². The number of halogens is 1. The molecule has 0 saturated carbocycles. The van der Waals surface area contributed by atoms with Gasteiger partial charge < -0.3 is 10.0 Å². The quantitative estimate of drug-likeness (QED) is 0.888. The van der Waals surface area contributed by atoms with E-state index in [1.807, 2.05) is 6.07 Å². The molecule has 1 saturated heterocycles. The third-order valence-corrected chi connectivity index (χ3v) is 3.99. The molecule has 1 aliphatic heterocycles. The Bertz CT molecular complexity index is 397. The summed E-state index contributed by atoms with van der Waals surface area (Å²) >= 11 is 0. The fraction of sp³-hybridized carbons (Fsp3) is 0.600. The Balaban J connectivity index is 2.10. The number of anilines is 1. The standard InChI is InChI=1S/C15H22FNO/c1-3-12-6-8-17(9-7-12)15-5-4-13(11(2)18)10-14(15)16/h4-5,10-12,18H,3,6-9H2,1-2H3/t11-/m0/s1. The molecule has 1 aromatic carbocycles. The van der Waals surface area contributed by atoms with Crippen LogP contribution in [0.4, 0.5) is 10.1 Å². The highest BCUT2D eigenvalue weighted by atomic mass is 19.1. The van der Waals surface area contributed by atoms with E-state index in [0.29, 0.717) is 11.3 Å². The second-order valence-corrected chi connectivity index (χ2v) is 5.23. The van der Waals surface area contributed by atoms with Gasteiger partial charge in [-0.2, -0.15) is 0 Å². The van der Waals surface area contributed by atoms with E-state index >= 15 is 0 Å². The Labute approximate surface area is 108 Å². The second-order valence-electron chi connectivity index (χ2n) is 5.23. The van der Waals surface area contributed by atoms with Gasteiger partial charge in [0.15, 0.2) is 0 Å². The maximum absolute atomic E-state index is 14.0. The van der Waals surface area contributed by atoms with E-state index in [1.54, 1.807) is 13.0 Å². The van der Waals surface area contributed by atoms with Crippen LogP contribution in [-0.2, 0) is 0 Å². The summed E-state index contributed by atoms with van der Waals surface area (Å²) in [5, 5.41) is 9.44. The summed E-state index contributed by atoms with van der Waals surface area (Å²) in [5.74, 6) is 0.574. The Morgan fingerprint density at radius 1 is 1.39 bits per heavy atom. The van der Waals surface area contributed by atoms with Crippen LogP contribution in [0.25, 0.3) is 0 Å². The molecule has 1 aliphatic rings. The SMILES string of the molecule is CCC1CCN(c2ccc([C@H](C)O)cc2F)CC1. The second kappa shape index (κ2) is 5.70. The lowest BCUT2D eigenvalue weighted by Crippen LogP contribution is -2.34. The number of piperidine rings is 1. The third kappa shape index (κ3) is 2.83. The van der Waals surface area contributed by atoms with Gasteiger partial charge in [-0.1, -0.05) is 19.4 Å². The fourth-order valence-electron chi connectivity index (χ4n) is 2.62. The summed E-state index contributed by atoms with van der Waals surface area (Å²) < 4.78 is 14.0. The molecule has 1 fully saturated rings. The number of aliphatic hydroxyl groups is 1.